The molecule has 0 aliphatic carbocycles. The molecule has 6 nitrogen and oxygen atoms in total. The molecule has 0 spiro atoms. The van der Waals surface area contributed by atoms with Gasteiger partial charge in [-0.15, -0.1) is 0 Å². The summed E-state index contributed by atoms with van der Waals surface area (Å²) in [5.74, 6) is -0.156. The Morgan fingerprint density at radius 3 is 2.74 bits per heavy atom. The van der Waals surface area contributed by atoms with Crippen LogP contribution >= 0.6 is 23.2 Å². The average Bonchev–Trinajstić information content (AvgIpc) is 2.83. The van der Waals surface area contributed by atoms with Crippen LogP contribution in [0.3, 0.4) is 0 Å². The molecule has 0 aromatic heterocycles. The van der Waals surface area contributed by atoms with Gasteiger partial charge in [0.05, 0.1) is 33.9 Å². The van der Waals surface area contributed by atoms with Crippen LogP contribution in [-0.4, -0.2) is 41.6 Å². The maximum Gasteiger partial charge on any atom is 0.319 e. The lowest BCUT2D eigenvalue weighted by atomic mass is 9.96. The number of carbonyl (C=O) groups is 2. The third kappa shape index (κ3) is 3.02. The standard InChI is InChI=1S/C15H15Cl2N3O3/c16-9-3-2-8(6-10(9)17)13-12-11(18-15(23)19-13)7-20(14(12)22)4-1-5-21/h2-3,6,13,21H,1,4-5,7H2,(H2,18,19,23)/t13-/m1/s1. The van der Waals surface area contributed by atoms with E-state index < -0.39 is 6.04 Å². The van der Waals surface area contributed by atoms with Crippen molar-refractivity contribution in [2.75, 3.05) is 19.7 Å². The van der Waals surface area contributed by atoms with E-state index in [1.54, 1.807) is 23.1 Å². The molecule has 2 aliphatic rings. The first kappa shape index (κ1) is 16.1. The van der Waals surface area contributed by atoms with Gasteiger partial charge >= 0.3 is 6.03 Å². The Morgan fingerprint density at radius 1 is 1.26 bits per heavy atom. The Labute approximate surface area is 143 Å². The summed E-state index contributed by atoms with van der Waals surface area (Å²) in [6, 6.07) is 4.08. The van der Waals surface area contributed by atoms with Crippen LogP contribution in [0.5, 0.6) is 0 Å². The number of carbonyl (C=O) groups excluding carboxylic acids is 2. The molecule has 1 aromatic rings. The number of amides is 3. The Kier molecular flexibility index (Phi) is 4.48. The van der Waals surface area contributed by atoms with E-state index in [4.69, 9.17) is 28.3 Å². The summed E-state index contributed by atoms with van der Waals surface area (Å²) in [7, 11) is 0. The van der Waals surface area contributed by atoms with Gasteiger partial charge in [-0.1, -0.05) is 29.3 Å². The highest BCUT2D eigenvalue weighted by Gasteiger charge is 2.40. The van der Waals surface area contributed by atoms with Crippen LogP contribution in [-0.2, 0) is 4.79 Å². The summed E-state index contributed by atoms with van der Waals surface area (Å²) < 4.78 is 0. The molecule has 0 saturated heterocycles. The molecule has 3 amide bonds. The minimum atomic E-state index is -0.569. The molecule has 0 saturated carbocycles. The van der Waals surface area contributed by atoms with Gasteiger partial charge in [0.25, 0.3) is 5.91 Å². The van der Waals surface area contributed by atoms with Crippen molar-refractivity contribution in [3.8, 4) is 0 Å². The summed E-state index contributed by atoms with van der Waals surface area (Å²) in [6.45, 7) is 0.779. The van der Waals surface area contributed by atoms with Gasteiger partial charge in [-0.05, 0) is 24.1 Å². The maximum atomic E-state index is 12.6. The zero-order valence-corrected chi connectivity index (χ0v) is 13.6. The van der Waals surface area contributed by atoms with E-state index in [0.717, 1.165) is 0 Å². The number of halogens is 2. The number of rotatable bonds is 4. The van der Waals surface area contributed by atoms with E-state index in [9.17, 15) is 9.59 Å². The minimum Gasteiger partial charge on any atom is -0.396 e. The topological polar surface area (TPSA) is 81.7 Å². The zero-order chi connectivity index (χ0) is 16.6. The summed E-state index contributed by atoms with van der Waals surface area (Å²) in [4.78, 5) is 26.1. The van der Waals surface area contributed by atoms with Crippen LogP contribution in [0.4, 0.5) is 4.79 Å². The number of nitrogens with zero attached hydrogens (tertiary/aromatic N) is 1. The van der Waals surface area contributed by atoms with Gasteiger partial charge in [0.15, 0.2) is 0 Å². The van der Waals surface area contributed by atoms with Crippen LogP contribution < -0.4 is 10.6 Å². The minimum absolute atomic E-state index is 0.00920. The zero-order valence-electron chi connectivity index (χ0n) is 12.1. The van der Waals surface area contributed by atoms with Crippen LogP contribution in [0, 0.1) is 0 Å². The number of aliphatic hydroxyl groups is 1. The summed E-state index contributed by atoms with van der Waals surface area (Å²) in [5, 5.41) is 15.1. The first-order valence-corrected chi connectivity index (χ1v) is 7.92. The van der Waals surface area contributed by atoms with Crippen LogP contribution in [0.25, 0.3) is 0 Å². The van der Waals surface area contributed by atoms with Crippen molar-refractivity contribution in [3.05, 3.63) is 45.1 Å². The molecule has 3 rings (SSSR count). The average molecular weight is 356 g/mol. The van der Waals surface area contributed by atoms with E-state index >= 15 is 0 Å². The molecule has 1 aromatic carbocycles. The summed E-state index contributed by atoms with van der Waals surface area (Å²) in [5.41, 5.74) is 1.78. The van der Waals surface area contributed by atoms with Crippen molar-refractivity contribution in [2.45, 2.75) is 12.5 Å². The molecular weight excluding hydrogens is 341 g/mol. The predicted octanol–water partition coefficient (Wildman–Crippen LogP) is 1.83. The van der Waals surface area contributed by atoms with Gasteiger partial charge < -0.3 is 20.6 Å². The van der Waals surface area contributed by atoms with Crippen LogP contribution in [0.1, 0.15) is 18.0 Å². The molecule has 2 aliphatic heterocycles. The smallest absolute Gasteiger partial charge is 0.319 e. The number of nitrogens with one attached hydrogen (secondary N) is 2. The lowest BCUT2D eigenvalue weighted by Crippen LogP contribution is -2.44. The summed E-state index contributed by atoms with van der Waals surface area (Å²) >= 11 is 12.0. The molecule has 23 heavy (non-hydrogen) atoms. The lowest BCUT2D eigenvalue weighted by molar-refractivity contribution is -0.125. The molecule has 2 heterocycles. The number of hydrogen-bond donors (Lipinski definition) is 3. The van der Waals surface area contributed by atoms with Crippen molar-refractivity contribution in [3.63, 3.8) is 0 Å². The van der Waals surface area contributed by atoms with E-state index in [-0.39, 0.29) is 18.5 Å². The number of aliphatic hydroxyl groups excluding tert-OH is 1. The molecule has 122 valence electrons. The first-order valence-electron chi connectivity index (χ1n) is 7.17. The van der Waals surface area contributed by atoms with Gasteiger partial charge in [0.2, 0.25) is 0 Å². The number of hydrogen-bond acceptors (Lipinski definition) is 3. The van der Waals surface area contributed by atoms with Crippen LogP contribution in [0.2, 0.25) is 10.0 Å². The van der Waals surface area contributed by atoms with Crippen molar-refractivity contribution in [2.24, 2.45) is 0 Å². The van der Waals surface area contributed by atoms with Gasteiger partial charge in [-0.2, -0.15) is 0 Å². The van der Waals surface area contributed by atoms with E-state index in [1.165, 1.54) is 0 Å². The van der Waals surface area contributed by atoms with E-state index in [0.29, 0.717) is 46.4 Å². The lowest BCUT2D eigenvalue weighted by Gasteiger charge is -2.25. The fraction of sp³-hybridized carbons (Fsp3) is 0.333. The molecule has 0 bridgehead atoms. The monoisotopic (exact) mass is 355 g/mol. The Hall–Kier alpha value is -1.76. The van der Waals surface area contributed by atoms with Crippen LogP contribution in [0.15, 0.2) is 29.5 Å². The largest absolute Gasteiger partial charge is 0.396 e. The third-order valence-electron chi connectivity index (χ3n) is 3.88. The van der Waals surface area contributed by atoms with Crippen molar-refractivity contribution >= 4 is 35.1 Å². The normalized spacial score (nSPS) is 20.5. The molecule has 0 unspecified atom stereocenters. The first-order chi connectivity index (χ1) is 11.0. The Bertz CT molecular complexity index is 705. The highest BCUT2D eigenvalue weighted by Crippen LogP contribution is 2.34. The summed E-state index contributed by atoms with van der Waals surface area (Å²) in [6.07, 6.45) is 0.491. The molecular formula is C15H15Cl2N3O3. The van der Waals surface area contributed by atoms with Crippen molar-refractivity contribution < 1.29 is 14.7 Å². The van der Waals surface area contributed by atoms with Gasteiger partial charge in [-0.25, -0.2) is 4.79 Å². The van der Waals surface area contributed by atoms with Gasteiger partial charge in [0, 0.05) is 13.2 Å². The van der Waals surface area contributed by atoms with E-state index in [1.807, 2.05) is 0 Å². The molecule has 3 N–H and O–H groups in total. The maximum absolute atomic E-state index is 12.6. The highest BCUT2D eigenvalue weighted by atomic mass is 35.5. The second-order valence-electron chi connectivity index (χ2n) is 5.40. The van der Waals surface area contributed by atoms with Crippen molar-refractivity contribution in [1.82, 2.24) is 15.5 Å². The SMILES string of the molecule is O=C1NC2=C(C(=O)N(CCCO)C2)[C@@H](c2ccc(Cl)c(Cl)c2)N1. The second-order valence-corrected chi connectivity index (χ2v) is 6.22. The van der Waals surface area contributed by atoms with Crippen molar-refractivity contribution in [1.29, 1.82) is 0 Å². The van der Waals surface area contributed by atoms with Gasteiger partial charge in [0.1, 0.15) is 0 Å². The fourth-order valence-electron chi connectivity index (χ4n) is 2.81. The Morgan fingerprint density at radius 2 is 2.04 bits per heavy atom. The predicted molar refractivity (Wildman–Crippen MR) is 86.2 cm³/mol. The third-order valence-corrected chi connectivity index (χ3v) is 4.62. The van der Waals surface area contributed by atoms with E-state index in [2.05, 4.69) is 10.6 Å². The quantitative estimate of drug-likeness (QED) is 0.770. The number of benzene rings is 1. The molecule has 1 atom stereocenters. The number of urea groups is 1. The van der Waals surface area contributed by atoms with Gasteiger partial charge in [-0.3, -0.25) is 4.79 Å². The highest BCUT2D eigenvalue weighted by molar-refractivity contribution is 6.42. The molecule has 8 heteroatoms. The molecule has 0 fully saturated rings. The second kappa shape index (κ2) is 6.39. The fourth-order valence-corrected chi connectivity index (χ4v) is 3.12. The molecule has 0 radical (unpaired) electrons. The Balaban J connectivity index is 1.94.